The van der Waals surface area contributed by atoms with Crippen LogP contribution in [0, 0.1) is 0 Å². The van der Waals surface area contributed by atoms with Crippen LogP contribution in [-0.4, -0.2) is 22.5 Å². The maximum absolute atomic E-state index is 12.3. The Bertz CT molecular complexity index is 758. The number of thioether (sulfide) groups is 1. The first-order chi connectivity index (χ1) is 12.0. The third-order valence-electron chi connectivity index (χ3n) is 3.70. The van der Waals surface area contributed by atoms with Gasteiger partial charge >= 0.3 is 0 Å². The zero-order chi connectivity index (χ0) is 18.2. The van der Waals surface area contributed by atoms with E-state index in [1.54, 1.807) is 36.9 Å². The molecule has 6 heteroatoms. The van der Waals surface area contributed by atoms with Crippen LogP contribution in [0.3, 0.4) is 0 Å². The third kappa shape index (κ3) is 5.77. The van der Waals surface area contributed by atoms with E-state index < -0.39 is 0 Å². The number of oxime groups is 1. The summed E-state index contributed by atoms with van der Waals surface area (Å²) in [6, 6.07) is 13.0. The molecule has 132 valence electrons. The van der Waals surface area contributed by atoms with Crippen LogP contribution < -0.4 is 0 Å². The van der Waals surface area contributed by atoms with E-state index in [-0.39, 0.29) is 5.78 Å². The number of nitrogens with zero attached hydrogens (tertiary/aromatic N) is 1. The van der Waals surface area contributed by atoms with Crippen molar-refractivity contribution in [2.75, 3.05) is 5.75 Å². The molecule has 0 aliphatic heterocycles. The highest BCUT2D eigenvalue weighted by Crippen LogP contribution is 2.26. The van der Waals surface area contributed by atoms with Crippen LogP contribution in [0.25, 0.3) is 0 Å². The van der Waals surface area contributed by atoms with E-state index in [1.165, 1.54) is 0 Å². The molecule has 0 aliphatic rings. The Balaban J connectivity index is 1.79. The Morgan fingerprint density at radius 1 is 1.16 bits per heavy atom. The standard InChI is InChI=1S/C19H19Cl2NO2S/c1-13(22-24)15-6-2-5-14(11-15)12-25-10-4-9-18(23)19-16(20)7-3-8-17(19)21/h2-3,5-8,11,24H,4,9-10,12H2,1H3/b22-13+. The van der Waals surface area contributed by atoms with Gasteiger partial charge in [-0.3, -0.25) is 4.79 Å². The molecule has 2 rings (SSSR count). The molecular weight excluding hydrogens is 377 g/mol. The topological polar surface area (TPSA) is 49.7 Å². The molecular formula is C19H19Cl2NO2S. The average Bonchev–Trinajstić information content (AvgIpc) is 2.61. The normalized spacial score (nSPS) is 11.6. The summed E-state index contributed by atoms with van der Waals surface area (Å²) in [6.45, 7) is 1.76. The Morgan fingerprint density at radius 2 is 1.84 bits per heavy atom. The predicted molar refractivity (Wildman–Crippen MR) is 107 cm³/mol. The molecule has 3 nitrogen and oxygen atoms in total. The van der Waals surface area contributed by atoms with Crippen molar-refractivity contribution in [3.63, 3.8) is 0 Å². The zero-order valence-electron chi connectivity index (χ0n) is 13.8. The molecule has 1 N–H and O–H groups in total. The molecule has 0 aromatic heterocycles. The molecule has 0 atom stereocenters. The summed E-state index contributed by atoms with van der Waals surface area (Å²) in [5.74, 6) is 1.69. The average molecular weight is 396 g/mol. The number of hydrogen-bond donors (Lipinski definition) is 1. The summed E-state index contributed by atoms with van der Waals surface area (Å²) < 4.78 is 0. The first kappa shape index (κ1) is 19.8. The lowest BCUT2D eigenvalue weighted by Gasteiger charge is -2.07. The van der Waals surface area contributed by atoms with Crippen LogP contribution in [-0.2, 0) is 5.75 Å². The summed E-state index contributed by atoms with van der Waals surface area (Å²) in [5.41, 5.74) is 3.08. The number of halogens is 2. The third-order valence-corrected chi connectivity index (χ3v) is 5.44. The molecule has 0 saturated heterocycles. The van der Waals surface area contributed by atoms with Gasteiger partial charge in [0, 0.05) is 12.2 Å². The summed E-state index contributed by atoms with van der Waals surface area (Å²) in [6.07, 6.45) is 1.19. The molecule has 0 unspecified atom stereocenters. The fourth-order valence-electron chi connectivity index (χ4n) is 2.36. The molecule has 25 heavy (non-hydrogen) atoms. The number of carbonyl (C=O) groups excluding carboxylic acids is 1. The van der Waals surface area contributed by atoms with Gasteiger partial charge in [-0.05, 0) is 48.4 Å². The number of Topliss-reactive ketones (excluding diaryl/α,β-unsaturated/α-hetero) is 1. The van der Waals surface area contributed by atoms with Crippen molar-refractivity contribution in [1.82, 2.24) is 0 Å². The maximum Gasteiger partial charge on any atom is 0.165 e. The minimum Gasteiger partial charge on any atom is -0.411 e. The number of hydrogen-bond acceptors (Lipinski definition) is 4. The van der Waals surface area contributed by atoms with Crippen LogP contribution in [0.1, 0.15) is 41.3 Å². The lowest BCUT2D eigenvalue weighted by Crippen LogP contribution is -2.02. The highest BCUT2D eigenvalue weighted by atomic mass is 35.5. The predicted octanol–water partition coefficient (Wildman–Crippen LogP) is 6.09. The molecule has 2 aromatic rings. The van der Waals surface area contributed by atoms with Crippen molar-refractivity contribution in [3.05, 3.63) is 69.2 Å². The van der Waals surface area contributed by atoms with Crippen LogP contribution in [0.5, 0.6) is 0 Å². The van der Waals surface area contributed by atoms with Crippen molar-refractivity contribution in [3.8, 4) is 0 Å². The summed E-state index contributed by atoms with van der Waals surface area (Å²) in [7, 11) is 0. The van der Waals surface area contributed by atoms with E-state index in [2.05, 4.69) is 5.16 Å². The van der Waals surface area contributed by atoms with Gasteiger partial charge in [0.05, 0.1) is 21.3 Å². The van der Waals surface area contributed by atoms with E-state index in [9.17, 15) is 4.79 Å². The van der Waals surface area contributed by atoms with Crippen LogP contribution in [0.4, 0.5) is 0 Å². The van der Waals surface area contributed by atoms with Gasteiger partial charge in [-0.2, -0.15) is 11.8 Å². The minimum absolute atomic E-state index is 0.0204. The van der Waals surface area contributed by atoms with E-state index in [1.807, 2.05) is 24.3 Å². The number of ketones is 1. The maximum atomic E-state index is 12.3. The molecule has 2 aromatic carbocycles. The van der Waals surface area contributed by atoms with Crippen LogP contribution in [0.2, 0.25) is 10.0 Å². The number of benzene rings is 2. The highest BCUT2D eigenvalue weighted by Gasteiger charge is 2.13. The van der Waals surface area contributed by atoms with Crippen molar-refractivity contribution in [2.24, 2.45) is 5.16 Å². The van der Waals surface area contributed by atoms with Crippen LogP contribution >= 0.6 is 35.0 Å². The van der Waals surface area contributed by atoms with Gasteiger partial charge in [0.25, 0.3) is 0 Å². The van der Waals surface area contributed by atoms with Gasteiger partial charge in [0.15, 0.2) is 5.78 Å². The van der Waals surface area contributed by atoms with E-state index in [0.717, 1.165) is 29.1 Å². The van der Waals surface area contributed by atoms with Crippen molar-refractivity contribution in [2.45, 2.75) is 25.5 Å². The Kier molecular flexibility index (Phi) is 7.82. The molecule has 0 spiro atoms. The SMILES string of the molecule is C/C(=N\O)c1cccc(CSCCCC(=O)c2c(Cl)cccc2Cl)c1. The monoisotopic (exact) mass is 395 g/mol. The largest absolute Gasteiger partial charge is 0.411 e. The van der Waals surface area contributed by atoms with Gasteiger partial charge in [-0.15, -0.1) is 0 Å². The van der Waals surface area contributed by atoms with Crippen molar-refractivity contribution >= 4 is 46.5 Å². The summed E-state index contributed by atoms with van der Waals surface area (Å²) in [5, 5.41) is 12.9. The Hall–Kier alpha value is -1.49. The Labute approximate surface area is 162 Å². The lowest BCUT2D eigenvalue weighted by atomic mass is 10.1. The number of rotatable bonds is 8. The number of carbonyl (C=O) groups is 1. The lowest BCUT2D eigenvalue weighted by molar-refractivity contribution is 0.0982. The molecule has 0 fully saturated rings. The fraction of sp³-hybridized carbons (Fsp3) is 0.263. The smallest absolute Gasteiger partial charge is 0.165 e. The second-order valence-corrected chi connectivity index (χ2v) is 7.48. The van der Waals surface area contributed by atoms with E-state index in [4.69, 9.17) is 28.4 Å². The van der Waals surface area contributed by atoms with Crippen molar-refractivity contribution < 1.29 is 10.0 Å². The zero-order valence-corrected chi connectivity index (χ0v) is 16.2. The van der Waals surface area contributed by atoms with Gasteiger partial charge in [-0.25, -0.2) is 0 Å². The minimum atomic E-state index is -0.0204. The van der Waals surface area contributed by atoms with Gasteiger partial charge < -0.3 is 5.21 Å². The molecule has 0 saturated carbocycles. The van der Waals surface area contributed by atoms with Gasteiger partial charge in [-0.1, -0.05) is 52.6 Å². The molecule has 0 heterocycles. The summed E-state index contributed by atoms with van der Waals surface area (Å²) in [4.78, 5) is 12.3. The van der Waals surface area contributed by atoms with Crippen molar-refractivity contribution in [1.29, 1.82) is 0 Å². The van der Waals surface area contributed by atoms with E-state index in [0.29, 0.717) is 27.7 Å². The highest BCUT2D eigenvalue weighted by molar-refractivity contribution is 7.98. The first-order valence-corrected chi connectivity index (χ1v) is 9.77. The molecule has 0 aliphatic carbocycles. The second-order valence-electron chi connectivity index (χ2n) is 5.56. The quantitative estimate of drug-likeness (QED) is 0.193. The van der Waals surface area contributed by atoms with E-state index >= 15 is 0 Å². The fourth-order valence-corrected chi connectivity index (χ4v) is 3.87. The van der Waals surface area contributed by atoms with Crippen LogP contribution in [0.15, 0.2) is 47.6 Å². The van der Waals surface area contributed by atoms with Gasteiger partial charge in [0.1, 0.15) is 0 Å². The Morgan fingerprint density at radius 3 is 2.52 bits per heavy atom. The van der Waals surface area contributed by atoms with Gasteiger partial charge in [0.2, 0.25) is 0 Å². The molecule has 0 amide bonds. The second kappa shape index (κ2) is 9.85. The first-order valence-electron chi connectivity index (χ1n) is 7.86. The molecule has 0 bridgehead atoms. The molecule has 0 radical (unpaired) electrons. The summed E-state index contributed by atoms with van der Waals surface area (Å²) >= 11 is 13.9.